The lowest BCUT2D eigenvalue weighted by atomic mass is 9.76. The highest BCUT2D eigenvalue weighted by Gasteiger charge is 2.39. The largest absolute Gasteiger partial charge is 0.264 e. The first kappa shape index (κ1) is 24.7. The fourth-order valence-corrected chi connectivity index (χ4v) is 6.41. The molecule has 3 heteroatoms. The molecule has 7 rings (SSSR count). The Morgan fingerprint density at radius 2 is 1.00 bits per heavy atom. The lowest BCUT2D eigenvalue weighted by Gasteiger charge is -2.27. The Morgan fingerprint density at radius 1 is 0.512 bits per heavy atom. The van der Waals surface area contributed by atoms with Crippen molar-refractivity contribution in [1.29, 1.82) is 5.26 Å². The van der Waals surface area contributed by atoms with Gasteiger partial charge in [0.25, 0.3) is 0 Å². The maximum Gasteiger partial charge on any atom is 0.0991 e. The van der Waals surface area contributed by atoms with Crippen LogP contribution < -0.4 is 0 Å². The molecule has 0 N–H and O–H groups in total. The van der Waals surface area contributed by atoms with Crippen LogP contribution in [0.25, 0.3) is 55.6 Å². The lowest BCUT2D eigenvalue weighted by molar-refractivity contribution is 0.664. The molecule has 194 valence electrons. The van der Waals surface area contributed by atoms with Gasteiger partial charge >= 0.3 is 0 Å². The van der Waals surface area contributed by atoms with Crippen molar-refractivity contribution in [2.45, 2.75) is 19.3 Å². The van der Waals surface area contributed by atoms with Crippen molar-refractivity contribution in [2.24, 2.45) is 0 Å². The number of rotatable bonds is 4. The quantitative estimate of drug-likeness (QED) is 0.230. The molecule has 0 amide bonds. The topological polar surface area (TPSA) is 49.6 Å². The summed E-state index contributed by atoms with van der Waals surface area (Å²) in [5.41, 5.74) is 14.8. The highest BCUT2D eigenvalue weighted by atomic mass is 14.6. The van der Waals surface area contributed by atoms with Gasteiger partial charge in [-0.2, -0.15) is 5.26 Å². The molecule has 2 aromatic heterocycles. The summed E-state index contributed by atoms with van der Waals surface area (Å²) in [6.45, 7) is 4.67. The van der Waals surface area contributed by atoms with Gasteiger partial charge in [0.15, 0.2) is 0 Å². The third-order valence-corrected chi connectivity index (χ3v) is 8.23. The van der Waals surface area contributed by atoms with Crippen LogP contribution in [0.3, 0.4) is 0 Å². The molecule has 0 fully saturated rings. The number of pyridine rings is 2. The zero-order valence-corrected chi connectivity index (χ0v) is 23.0. The molecule has 0 saturated heterocycles. The molecule has 41 heavy (non-hydrogen) atoms. The average Bonchev–Trinajstić information content (AvgIpc) is 3.28. The van der Waals surface area contributed by atoms with Gasteiger partial charge in [0, 0.05) is 41.3 Å². The average molecular weight is 526 g/mol. The van der Waals surface area contributed by atoms with Gasteiger partial charge in [0.1, 0.15) is 0 Å². The molecular formula is C38H27N3. The monoisotopic (exact) mass is 525 g/mol. The van der Waals surface area contributed by atoms with E-state index in [1.165, 1.54) is 38.9 Å². The Labute approximate surface area is 240 Å². The Kier molecular flexibility index (Phi) is 5.84. The number of nitriles is 1. The van der Waals surface area contributed by atoms with Crippen molar-refractivity contribution in [1.82, 2.24) is 9.97 Å². The van der Waals surface area contributed by atoms with Gasteiger partial charge in [0.05, 0.1) is 11.6 Å². The zero-order valence-electron chi connectivity index (χ0n) is 23.0. The van der Waals surface area contributed by atoms with E-state index in [1.807, 2.05) is 49.1 Å². The van der Waals surface area contributed by atoms with Gasteiger partial charge in [-0.15, -0.1) is 0 Å². The molecule has 0 bridgehead atoms. The molecule has 0 radical (unpaired) electrons. The van der Waals surface area contributed by atoms with E-state index in [0.717, 1.165) is 27.8 Å². The van der Waals surface area contributed by atoms with Crippen LogP contribution >= 0.6 is 0 Å². The van der Waals surface area contributed by atoms with E-state index in [2.05, 4.69) is 109 Å². The first-order valence-electron chi connectivity index (χ1n) is 13.8. The maximum atomic E-state index is 9.32. The molecule has 0 atom stereocenters. The minimum absolute atomic E-state index is 0.246. The van der Waals surface area contributed by atoms with Crippen molar-refractivity contribution < 1.29 is 0 Å². The minimum Gasteiger partial charge on any atom is -0.264 e. The van der Waals surface area contributed by atoms with E-state index in [4.69, 9.17) is 0 Å². The molecule has 1 aliphatic rings. The van der Waals surface area contributed by atoms with Crippen molar-refractivity contribution >= 4 is 0 Å². The van der Waals surface area contributed by atoms with E-state index in [9.17, 15) is 5.26 Å². The predicted octanol–water partition coefficient (Wildman–Crippen LogP) is 9.32. The van der Waals surface area contributed by atoms with Crippen molar-refractivity contribution in [3.63, 3.8) is 0 Å². The summed E-state index contributed by atoms with van der Waals surface area (Å²) in [5.74, 6) is 0. The highest BCUT2D eigenvalue weighted by Crippen LogP contribution is 2.55. The van der Waals surface area contributed by atoms with Crippen molar-refractivity contribution in [3.05, 3.63) is 145 Å². The summed E-state index contributed by atoms with van der Waals surface area (Å²) in [7, 11) is 0. The number of aromatic nitrogens is 2. The Hall–Kier alpha value is -5.33. The van der Waals surface area contributed by atoms with Crippen LogP contribution in [0.1, 0.15) is 30.5 Å². The van der Waals surface area contributed by atoms with Crippen LogP contribution in [0.4, 0.5) is 0 Å². The highest BCUT2D eigenvalue weighted by molar-refractivity contribution is 5.94. The molecular weight excluding hydrogens is 498 g/mol. The number of benzene rings is 4. The first-order chi connectivity index (χ1) is 20.0. The lowest BCUT2D eigenvalue weighted by Crippen LogP contribution is -2.17. The summed E-state index contributed by atoms with van der Waals surface area (Å²) in [4.78, 5) is 8.79. The van der Waals surface area contributed by atoms with Crippen molar-refractivity contribution in [3.8, 4) is 61.7 Å². The fourth-order valence-electron chi connectivity index (χ4n) is 6.41. The molecule has 3 nitrogen and oxygen atoms in total. The molecule has 0 aliphatic heterocycles. The summed E-state index contributed by atoms with van der Waals surface area (Å²) >= 11 is 0. The molecule has 0 spiro atoms. The van der Waals surface area contributed by atoms with E-state index in [1.54, 1.807) is 0 Å². The fraction of sp³-hybridized carbons (Fsp3) is 0.0789. The molecule has 4 aromatic carbocycles. The molecule has 0 unspecified atom stereocenters. The van der Waals surface area contributed by atoms with Gasteiger partial charge < -0.3 is 0 Å². The Morgan fingerprint density at radius 3 is 1.49 bits per heavy atom. The van der Waals surface area contributed by atoms with Crippen LogP contribution in [-0.4, -0.2) is 9.97 Å². The standard InChI is InChI=1S/C38H27N3/c1-38(2)36-32(26-15-13-25(22-39)14-16-26)9-3-11-34(36)35-12-4-10-33(37(35)38)31-20-29(27-7-5-17-40-23-27)19-30(21-31)28-8-6-18-41-24-28/h3-21,23-24H,1-2H3. The van der Waals surface area contributed by atoms with Gasteiger partial charge in [-0.25, -0.2) is 0 Å². The Balaban J connectivity index is 1.44. The van der Waals surface area contributed by atoms with Gasteiger partial charge in [-0.3, -0.25) is 9.97 Å². The number of nitrogens with zero attached hydrogens (tertiary/aromatic N) is 3. The molecule has 6 aromatic rings. The van der Waals surface area contributed by atoms with Gasteiger partial charge in [-0.05, 0) is 98.1 Å². The smallest absolute Gasteiger partial charge is 0.0991 e. The summed E-state index contributed by atoms with van der Waals surface area (Å²) in [6, 6.07) is 38.4. The molecule has 2 heterocycles. The zero-order chi connectivity index (χ0) is 28.0. The number of fused-ring (bicyclic) bond motifs is 3. The SMILES string of the molecule is CC1(C)c2c(-c3ccc(C#N)cc3)cccc2-c2cccc(-c3cc(-c4cccnc4)cc(-c4cccnc4)c3)c21. The molecule has 1 aliphatic carbocycles. The van der Waals surface area contributed by atoms with Crippen LogP contribution in [-0.2, 0) is 5.41 Å². The van der Waals surface area contributed by atoms with Crippen LogP contribution in [0.2, 0.25) is 0 Å². The summed E-state index contributed by atoms with van der Waals surface area (Å²) in [5, 5.41) is 9.32. The van der Waals surface area contributed by atoms with E-state index >= 15 is 0 Å². The van der Waals surface area contributed by atoms with Crippen LogP contribution in [0.5, 0.6) is 0 Å². The van der Waals surface area contributed by atoms with Crippen molar-refractivity contribution in [2.75, 3.05) is 0 Å². The summed E-state index contributed by atoms with van der Waals surface area (Å²) in [6.07, 6.45) is 7.46. The molecule has 0 saturated carbocycles. The van der Waals surface area contributed by atoms with Crippen LogP contribution in [0, 0.1) is 11.3 Å². The third kappa shape index (κ3) is 4.13. The first-order valence-corrected chi connectivity index (χ1v) is 13.8. The summed E-state index contributed by atoms with van der Waals surface area (Å²) < 4.78 is 0. The van der Waals surface area contributed by atoms with E-state index < -0.39 is 0 Å². The third-order valence-electron chi connectivity index (χ3n) is 8.23. The number of hydrogen-bond acceptors (Lipinski definition) is 3. The van der Waals surface area contributed by atoms with E-state index in [0.29, 0.717) is 5.56 Å². The second-order valence-electron chi connectivity index (χ2n) is 11.1. The van der Waals surface area contributed by atoms with E-state index in [-0.39, 0.29) is 5.41 Å². The number of hydrogen-bond donors (Lipinski definition) is 0. The second-order valence-corrected chi connectivity index (χ2v) is 11.1. The minimum atomic E-state index is -0.246. The van der Waals surface area contributed by atoms with Crippen LogP contribution in [0.15, 0.2) is 128 Å². The van der Waals surface area contributed by atoms with Gasteiger partial charge in [-0.1, -0.05) is 74.5 Å². The maximum absolute atomic E-state index is 9.32. The predicted molar refractivity (Wildman–Crippen MR) is 166 cm³/mol. The normalized spacial score (nSPS) is 12.8. The van der Waals surface area contributed by atoms with Gasteiger partial charge in [0.2, 0.25) is 0 Å². The Bertz CT molecular complexity index is 1890. The second kappa shape index (κ2) is 9.70.